The van der Waals surface area contributed by atoms with Crippen molar-refractivity contribution < 1.29 is 4.79 Å². The van der Waals surface area contributed by atoms with Crippen LogP contribution in [-0.2, 0) is 17.6 Å². The first-order valence-electron chi connectivity index (χ1n) is 6.08. The third kappa shape index (κ3) is 2.43. The molecule has 1 atom stereocenters. The van der Waals surface area contributed by atoms with Crippen molar-refractivity contribution in [1.82, 2.24) is 0 Å². The normalized spacial score (nSPS) is 18.2. The second kappa shape index (κ2) is 4.69. The predicted octanol–water partition coefficient (Wildman–Crippen LogP) is 3.16. The monoisotopic (exact) mass is 217 g/mol. The van der Waals surface area contributed by atoms with Crippen molar-refractivity contribution in [3.8, 4) is 0 Å². The van der Waals surface area contributed by atoms with E-state index in [4.69, 9.17) is 0 Å². The molecule has 0 spiro atoms. The highest BCUT2D eigenvalue weighted by Gasteiger charge is 2.20. The van der Waals surface area contributed by atoms with E-state index in [2.05, 4.69) is 24.4 Å². The molecule has 0 saturated heterocycles. The number of amides is 1. The van der Waals surface area contributed by atoms with E-state index in [0.717, 1.165) is 11.6 Å². The zero-order valence-corrected chi connectivity index (χ0v) is 10.0. The summed E-state index contributed by atoms with van der Waals surface area (Å²) in [6, 6.07) is 6.30. The number of rotatable bonds is 3. The number of carbonyl (C=O) groups is 1. The van der Waals surface area contributed by atoms with Gasteiger partial charge < -0.3 is 5.32 Å². The SMILES string of the molecule is CCCC1Cc2ccc(NC(C)=O)cc2C1. The summed E-state index contributed by atoms with van der Waals surface area (Å²) in [6.45, 7) is 3.79. The Morgan fingerprint density at radius 1 is 1.38 bits per heavy atom. The summed E-state index contributed by atoms with van der Waals surface area (Å²) < 4.78 is 0. The molecule has 0 radical (unpaired) electrons. The maximum absolute atomic E-state index is 11.0. The van der Waals surface area contributed by atoms with Crippen LogP contribution in [0.5, 0.6) is 0 Å². The molecule has 0 saturated carbocycles. The fourth-order valence-electron chi connectivity index (χ4n) is 2.60. The van der Waals surface area contributed by atoms with Gasteiger partial charge in [-0.2, -0.15) is 0 Å². The van der Waals surface area contributed by atoms with Crippen molar-refractivity contribution >= 4 is 11.6 Å². The standard InChI is InChI=1S/C14H19NO/c1-3-4-11-7-12-5-6-14(15-10(2)16)9-13(12)8-11/h5-6,9,11H,3-4,7-8H2,1-2H3,(H,15,16). The third-order valence-corrected chi connectivity index (χ3v) is 3.24. The molecule has 86 valence electrons. The minimum atomic E-state index is 0.00283. The fourth-order valence-corrected chi connectivity index (χ4v) is 2.60. The highest BCUT2D eigenvalue weighted by Crippen LogP contribution is 2.31. The van der Waals surface area contributed by atoms with Crippen LogP contribution >= 0.6 is 0 Å². The minimum Gasteiger partial charge on any atom is -0.326 e. The van der Waals surface area contributed by atoms with Gasteiger partial charge in [0.05, 0.1) is 0 Å². The van der Waals surface area contributed by atoms with E-state index < -0.39 is 0 Å². The van der Waals surface area contributed by atoms with Gasteiger partial charge in [-0.05, 0) is 42.0 Å². The molecule has 1 aliphatic rings. The van der Waals surface area contributed by atoms with E-state index >= 15 is 0 Å². The van der Waals surface area contributed by atoms with Crippen LogP contribution in [0, 0.1) is 5.92 Å². The molecule has 0 heterocycles. The van der Waals surface area contributed by atoms with Crippen LogP contribution in [-0.4, -0.2) is 5.91 Å². The second-order valence-corrected chi connectivity index (χ2v) is 4.73. The predicted molar refractivity (Wildman–Crippen MR) is 66.6 cm³/mol. The smallest absolute Gasteiger partial charge is 0.221 e. The molecular formula is C14H19NO. The Bertz CT molecular complexity index is 398. The van der Waals surface area contributed by atoms with Crippen LogP contribution < -0.4 is 5.32 Å². The van der Waals surface area contributed by atoms with Crippen molar-refractivity contribution in [1.29, 1.82) is 0 Å². The van der Waals surface area contributed by atoms with E-state index in [1.165, 1.54) is 36.8 Å². The molecule has 1 aliphatic carbocycles. The van der Waals surface area contributed by atoms with Gasteiger partial charge in [-0.25, -0.2) is 0 Å². The number of hydrogen-bond donors (Lipinski definition) is 1. The number of nitrogens with one attached hydrogen (secondary N) is 1. The summed E-state index contributed by atoms with van der Waals surface area (Å²) >= 11 is 0. The minimum absolute atomic E-state index is 0.00283. The molecule has 0 fully saturated rings. The Morgan fingerprint density at radius 3 is 2.81 bits per heavy atom. The van der Waals surface area contributed by atoms with Crippen LogP contribution in [0.15, 0.2) is 18.2 Å². The molecular weight excluding hydrogens is 198 g/mol. The first kappa shape index (κ1) is 11.2. The van der Waals surface area contributed by atoms with Gasteiger partial charge in [0, 0.05) is 12.6 Å². The van der Waals surface area contributed by atoms with Crippen molar-refractivity contribution in [2.45, 2.75) is 39.5 Å². The van der Waals surface area contributed by atoms with Crippen molar-refractivity contribution in [2.24, 2.45) is 5.92 Å². The molecule has 0 bridgehead atoms. The van der Waals surface area contributed by atoms with Gasteiger partial charge in [0.15, 0.2) is 0 Å². The number of benzene rings is 1. The van der Waals surface area contributed by atoms with Crippen molar-refractivity contribution in [3.05, 3.63) is 29.3 Å². The van der Waals surface area contributed by atoms with Gasteiger partial charge in [0.2, 0.25) is 5.91 Å². The summed E-state index contributed by atoms with van der Waals surface area (Å²) in [7, 11) is 0. The molecule has 16 heavy (non-hydrogen) atoms. The number of carbonyl (C=O) groups excluding carboxylic acids is 1. The van der Waals surface area contributed by atoms with E-state index in [9.17, 15) is 4.79 Å². The Hall–Kier alpha value is -1.31. The molecule has 1 unspecified atom stereocenters. The average molecular weight is 217 g/mol. The number of fused-ring (bicyclic) bond motifs is 1. The number of hydrogen-bond acceptors (Lipinski definition) is 1. The summed E-state index contributed by atoms with van der Waals surface area (Å²) in [5.41, 5.74) is 3.82. The maximum atomic E-state index is 11.0. The molecule has 2 nitrogen and oxygen atoms in total. The van der Waals surface area contributed by atoms with Crippen LogP contribution in [0.2, 0.25) is 0 Å². The third-order valence-electron chi connectivity index (χ3n) is 3.24. The Morgan fingerprint density at radius 2 is 2.12 bits per heavy atom. The highest BCUT2D eigenvalue weighted by molar-refractivity contribution is 5.88. The Balaban J connectivity index is 2.11. The summed E-state index contributed by atoms with van der Waals surface area (Å²) in [6.07, 6.45) is 4.96. The van der Waals surface area contributed by atoms with Gasteiger partial charge in [0.25, 0.3) is 0 Å². The maximum Gasteiger partial charge on any atom is 0.221 e. The lowest BCUT2D eigenvalue weighted by Gasteiger charge is -2.05. The lowest BCUT2D eigenvalue weighted by molar-refractivity contribution is -0.114. The van der Waals surface area contributed by atoms with Crippen LogP contribution in [0.25, 0.3) is 0 Å². The van der Waals surface area contributed by atoms with Gasteiger partial charge >= 0.3 is 0 Å². The Labute approximate surface area is 97.1 Å². The molecule has 0 aliphatic heterocycles. The van der Waals surface area contributed by atoms with Gasteiger partial charge in [-0.15, -0.1) is 0 Å². The first-order valence-corrected chi connectivity index (χ1v) is 6.08. The van der Waals surface area contributed by atoms with Crippen molar-refractivity contribution in [3.63, 3.8) is 0 Å². The molecule has 2 heteroatoms. The first-order chi connectivity index (χ1) is 7.69. The van der Waals surface area contributed by atoms with Gasteiger partial charge in [-0.1, -0.05) is 25.8 Å². The molecule has 1 amide bonds. The van der Waals surface area contributed by atoms with Crippen LogP contribution in [0.4, 0.5) is 5.69 Å². The summed E-state index contributed by atoms with van der Waals surface area (Å²) in [4.78, 5) is 11.0. The zero-order valence-electron chi connectivity index (χ0n) is 10.0. The molecule has 1 aromatic rings. The van der Waals surface area contributed by atoms with Crippen LogP contribution in [0.3, 0.4) is 0 Å². The summed E-state index contributed by atoms with van der Waals surface area (Å²) in [5.74, 6) is 0.815. The lowest BCUT2D eigenvalue weighted by Crippen LogP contribution is -2.05. The van der Waals surface area contributed by atoms with E-state index in [0.29, 0.717) is 0 Å². The largest absolute Gasteiger partial charge is 0.326 e. The van der Waals surface area contributed by atoms with E-state index in [1.54, 1.807) is 6.92 Å². The number of anilines is 1. The average Bonchev–Trinajstić information content (AvgIpc) is 2.59. The van der Waals surface area contributed by atoms with E-state index in [-0.39, 0.29) is 5.91 Å². The molecule has 1 N–H and O–H groups in total. The summed E-state index contributed by atoms with van der Waals surface area (Å²) in [5, 5.41) is 2.84. The lowest BCUT2D eigenvalue weighted by atomic mass is 10.0. The molecule has 1 aromatic carbocycles. The molecule has 2 rings (SSSR count). The molecule has 0 aromatic heterocycles. The van der Waals surface area contributed by atoms with E-state index in [1.807, 2.05) is 6.07 Å². The second-order valence-electron chi connectivity index (χ2n) is 4.73. The van der Waals surface area contributed by atoms with Crippen LogP contribution in [0.1, 0.15) is 37.8 Å². The zero-order chi connectivity index (χ0) is 11.5. The van der Waals surface area contributed by atoms with Gasteiger partial charge in [0.1, 0.15) is 0 Å². The quantitative estimate of drug-likeness (QED) is 0.828. The fraction of sp³-hybridized carbons (Fsp3) is 0.500. The Kier molecular flexibility index (Phi) is 3.28. The highest BCUT2D eigenvalue weighted by atomic mass is 16.1. The topological polar surface area (TPSA) is 29.1 Å². The van der Waals surface area contributed by atoms with Gasteiger partial charge in [-0.3, -0.25) is 4.79 Å². The van der Waals surface area contributed by atoms with Crippen molar-refractivity contribution in [2.75, 3.05) is 5.32 Å².